The van der Waals surface area contributed by atoms with Gasteiger partial charge < -0.3 is 4.74 Å². The minimum atomic E-state index is -0.479. The number of hydrogen-bond donors (Lipinski definition) is 2. The molecule has 27 heavy (non-hydrogen) atoms. The Balaban J connectivity index is 1.74. The Morgan fingerprint density at radius 2 is 1.89 bits per heavy atom. The lowest BCUT2D eigenvalue weighted by molar-refractivity contribution is -0.384. The number of benzene rings is 3. The highest BCUT2D eigenvalue weighted by Gasteiger charge is 2.13. The van der Waals surface area contributed by atoms with Crippen LogP contribution in [0.15, 0.2) is 59.1 Å². The molecule has 138 valence electrons. The molecule has 0 aromatic heterocycles. The van der Waals surface area contributed by atoms with Crippen LogP contribution in [-0.2, 0) is 11.2 Å². The topological polar surface area (TPSA) is 93.5 Å². The predicted octanol–water partition coefficient (Wildman–Crippen LogP) is 4.20. The molecule has 0 saturated carbocycles. The van der Waals surface area contributed by atoms with Crippen LogP contribution in [0.3, 0.4) is 0 Å². The van der Waals surface area contributed by atoms with E-state index in [4.69, 9.17) is 4.74 Å². The first kappa shape index (κ1) is 18.7. The number of nitrogens with one attached hydrogen (secondary N) is 2. The standard InChI is InChI=1S/C19H16BrN3O4/c1-27-18-9-2-12-10-13(20)3-8-16(12)17(18)11-19(24)22-21-14-4-6-15(7-5-14)23(25)26/h2-10,21H,11H2,1H3,(H,22,24). The summed E-state index contributed by atoms with van der Waals surface area (Å²) in [4.78, 5) is 22.6. The Morgan fingerprint density at radius 3 is 2.56 bits per heavy atom. The number of non-ortho nitro benzene ring substituents is 1. The third-order valence-corrected chi connectivity index (χ3v) is 4.53. The van der Waals surface area contributed by atoms with Gasteiger partial charge in [-0.05, 0) is 41.1 Å². The molecular weight excluding hydrogens is 414 g/mol. The van der Waals surface area contributed by atoms with Gasteiger partial charge in [-0.25, -0.2) is 0 Å². The monoisotopic (exact) mass is 429 g/mol. The van der Waals surface area contributed by atoms with Gasteiger partial charge in [-0.15, -0.1) is 0 Å². The Bertz CT molecular complexity index is 1010. The summed E-state index contributed by atoms with van der Waals surface area (Å²) in [6.45, 7) is 0. The number of ether oxygens (including phenoxy) is 1. The minimum Gasteiger partial charge on any atom is -0.496 e. The van der Waals surface area contributed by atoms with E-state index in [0.29, 0.717) is 11.4 Å². The molecule has 0 aliphatic rings. The maximum absolute atomic E-state index is 12.4. The molecule has 0 spiro atoms. The highest BCUT2D eigenvalue weighted by molar-refractivity contribution is 9.10. The fraction of sp³-hybridized carbons (Fsp3) is 0.105. The number of rotatable bonds is 6. The van der Waals surface area contributed by atoms with E-state index < -0.39 is 4.92 Å². The molecule has 0 bridgehead atoms. The smallest absolute Gasteiger partial charge is 0.269 e. The number of nitro groups is 1. The molecule has 0 saturated heterocycles. The van der Waals surface area contributed by atoms with Gasteiger partial charge in [0.2, 0.25) is 5.91 Å². The van der Waals surface area contributed by atoms with Gasteiger partial charge in [0.1, 0.15) is 5.75 Å². The van der Waals surface area contributed by atoms with Crippen molar-refractivity contribution in [3.63, 3.8) is 0 Å². The van der Waals surface area contributed by atoms with E-state index in [1.165, 1.54) is 24.3 Å². The van der Waals surface area contributed by atoms with Crippen molar-refractivity contribution >= 4 is 44.0 Å². The van der Waals surface area contributed by atoms with Crippen molar-refractivity contribution in [2.45, 2.75) is 6.42 Å². The van der Waals surface area contributed by atoms with Crippen molar-refractivity contribution in [1.29, 1.82) is 0 Å². The molecule has 3 rings (SSSR count). The summed E-state index contributed by atoms with van der Waals surface area (Å²) in [6, 6.07) is 15.4. The number of nitrogens with zero attached hydrogens (tertiary/aromatic N) is 1. The summed E-state index contributed by atoms with van der Waals surface area (Å²) in [6.07, 6.45) is 0.113. The van der Waals surface area contributed by atoms with Crippen molar-refractivity contribution in [3.05, 3.63) is 74.7 Å². The summed E-state index contributed by atoms with van der Waals surface area (Å²) < 4.78 is 6.36. The second-order valence-corrected chi connectivity index (χ2v) is 6.68. The van der Waals surface area contributed by atoms with Gasteiger partial charge in [0.05, 0.1) is 24.1 Å². The van der Waals surface area contributed by atoms with Crippen LogP contribution in [0.5, 0.6) is 5.75 Å². The van der Waals surface area contributed by atoms with Crippen molar-refractivity contribution in [2.75, 3.05) is 12.5 Å². The van der Waals surface area contributed by atoms with Crippen LogP contribution >= 0.6 is 15.9 Å². The van der Waals surface area contributed by atoms with Crippen LogP contribution in [0.2, 0.25) is 0 Å². The van der Waals surface area contributed by atoms with Crippen molar-refractivity contribution in [3.8, 4) is 5.75 Å². The van der Waals surface area contributed by atoms with Crippen LogP contribution in [0.25, 0.3) is 10.8 Å². The lowest BCUT2D eigenvalue weighted by Gasteiger charge is -2.13. The van der Waals surface area contributed by atoms with Crippen molar-refractivity contribution in [1.82, 2.24) is 5.43 Å². The average molecular weight is 430 g/mol. The number of hydrazine groups is 1. The summed E-state index contributed by atoms with van der Waals surface area (Å²) in [7, 11) is 1.57. The molecule has 0 aliphatic heterocycles. The zero-order chi connectivity index (χ0) is 19.4. The van der Waals surface area contributed by atoms with Gasteiger partial charge in [-0.2, -0.15) is 0 Å². The molecule has 3 aromatic carbocycles. The normalized spacial score (nSPS) is 10.4. The van der Waals surface area contributed by atoms with Gasteiger partial charge in [-0.1, -0.05) is 28.1 Å². The Kier molecular flexibility index (Phi) is 5.56. The zero-order valence-corrected chi connectivity index (χ0v) is 15.9. The van der Waals surface area contributed by atoms with Gasteiger partial charge in [0, 0.05) is 22.2 Å². The zero-order valence-electron chi connectivity index (χ0n) is 14.4. The molecule has 1 amide bonds. The van der Waals surface area contributed by atoms with Gasteiger partial charge in [-0.3, -0.25) is 25.8 Å². The highest BCUT2D eigenvalue weighted by atomic mass is 79.9. The first-order valence-corrected chi connectivity index (χ1v) is 8.81. The first-order chi connectivity index (χ1) is 13.0. The number of nitro benzene ring substituents is 1. The van der Waals surface area contributed by atoms with E-state index in [9.17, 15) is 14.9 Å². The number of methoxy groups -OCH3 is 1. The maximum Gasteiger partial charge on any atom is 0.269 e. The number of anilines is 1. The fourth-order valence-corrected chi connectivity index (χ4v) is 3.11. The fourth-order valence-electron chi connectivity index (χ4n) is 2.73. The summed E-state index contributed by atoms with van der Waals surface area (Å²) in [5.41, 5.74) is 6.67. The Hall–Kier alpha value is -3.13. The third-order valence-electron chi connectivity index (χ3n) is 4.03. The second-order valence-electron chi connectivity index (χ2n) is 5.77. The van der Waals surface area contributed by atoms with E-state index in [1.807, 2.05) is 30.3 Å². The quantitative estimate of drug-likeness (QED) is 0.452. The number of hydrogen-bond acceptors (Lipinski definition) is 5. The number of fused-ring (bicyclic) bond motifs is 1. The molecule has 0 unspecified atom stereocenters. The van der Waals surface area contributed by atoms with E-state index in [0.717, 1.165) is 20.8 Å². The number of halogens is 1. The maximum atomic E-state index is 12.4. The summed E-state index contributed by atoms with van der Waals surface area (Å²) >= 11 is 3.45. The SMILES string of the molecule is COc1ccc2cc(Br)ccc2c1CC(=O)NNc1ccc([N+](=O)[O-])cc1. The lowest BCUT2D eigenvalue weighted by Crippen LogP contribution is -2.30. The van der Waals surface area contributed by atoms with Crippen LogP contribution < -0.4 is 15.6 Å². The van der Waals surface area contributed by atoms with E-state index >= 15 is 0 Å². The Morgan fingerprint density at radius 1 is 1.15 bits per heavy atom. The number of carbonyl (C=O) groups excluding carboxylic acids is 1. The van der Waals surface area contributed by atoms with Crippen LogP contribution in [0.1, 0.15) is 5.56 Å². The Labute approximate surface area is 163 Å². The molecule has 2 N–H and O–H groups in total. The van der Waals surface area contributed by atoms with Crippen LogP contribution in [0.4, 0.5) is 11.4 Å². The van der Waals surface area contributed by atoms with E-state index in [2.05, 4.69) is 26.8 Å². The second kappa shape index (κ2) is 8.05. The van der Waals surface area contributed by atoms with E-state index in [1.54, 1.807) is 7.11 Å². The first-order valence-electron chi connectivity index (χ1n) is 8.02. The third kappa shape index (κ3) is 4.35. The van der Waals surface area contributed by atoms with Crippen LogP contribution in [-0.4, -0.2) is 17.9 Å². The van der Waals surface area contributed by atoms with Gasteiger partial charge >= 0.3 is 0 Å². The molecule has 8 heteroatoms. The molecule has 7 nitrogen and oxygen atoms in total. The molecule has 0 aliphatic carbocycles. The average Bonchev–Trinajstić information content (AvgIpc) is 2.66. The minimum absolute atomic E-state index is 0.0153. The van der Waals surface area contributed by atoms with Crippen LogP contribution in [0, 0.1) is 10.1 Å². The molecule has 3 aromatic rings. The summed E-state index contributed by atoms with van der Waals surface area (Å²) in [5, 5.41) is 12.6. The molecule has 0 heterocycles. The largest absolute Gasteiger partial charge is 0.496 e. The van der Waals surface area contributed by atoms with Gasteiger partial charge in [0.15, 0.2) is 0 Å². The molecule has 0 radical (unpaired) electrons. The van der Waals surface area contributed by atoms with Crippen molar-refractivity contribution in [2.24, 2.45) is 0 Å². The molecule has 0 atom stereocenters. The van der Waals surface area contributed by atoms with Crippen molar-refractivity contribution < 1.29 is 14.5 Å². The lowest BCUT2D eigenvalue weighted by atomic mass is 10.0. The number of carbonyl (C=O) groups is 1. The highest BCUT2D eigenvalue weighted by Crippen LogP contribution is 2.30. The number of amides is 1. The van der Waals surface area contributed by atoms with E-state index in [-0.39, 0.29) is 18.0 Å². The molecular formula is C19H16BrN3O4. The predicted molar refractivity (Wildman–Crippen MR) is 107 cm³/mol. The molecule has 0 fully saturated rings. The summed E-state index contributed by atoms with van der Waals surface area (Å²) in [5.74, 6) is 0.373. The van der Waals surface area contributed by atoms with Gasteiger partial charge in [0.25, 0.3) is 5.69 Å².